The summed E-state index contributed by atoms with van der Waals surface area (Å²) in [4.78, 5) is 6.41. The van der Waals surface area contributed by atoms with Crippen LogP contribution in [-0.4, -0.2) is 43.7 Å². The molecule has 2 aliphatic rings. The third kappa shape index (κ3) is 4.11. The van der Waals surface area contributed by atoms with Crippen LogP contribution in [0.5, 0.6) is 0 Å². The molecule has 0 amide bonds. The lowest BCUT2D eigenvalue weighted by Gasteiger charge is -2.18. The Kier molecular flexibility index (Phi) is 5.48. The molecule has 1 saturated heterocycles. The van der Waals surface area contributed by atoms with Gasteiger partial charge in [-0.3, -0.25) is 0 Å². The van der Waals surface area contributed by atoms with Gasteiger partial charge in [0.2, 0.25) is 0 Å². The fraction of sp³-hybridized carbons (Fsp3) is 0.478. The summed E-state index contributed by atoms with van der Waals surface area (Å²) in [6, 6.07) is 6.93. The second kappa shape index (κ2) is 7.88. The largest absolute Gasteiger partial charge is 0.361 e. The van der Waals surface area contributed by atoms with Crippen molar-refractivity contribution in [2.75, 3.05) is 19.3 Å². The molecule has 1 N–H and O–H groups in total. The number of nitrogens with one attached hydrogen (secondary N) is 1. The molecule has 1 aromatic heterocycles. The van der Waals surface area contributed by atoms with Crippen LogP contribution >= 0.6 is 0 Å². The number of rotatable bonds is 6. The molecule has 1 fully saturated rings. The van der Waals surface area contributed by atoms with Crippen molar-refractivity contribution in [2.24, 2.45) is 5.92 Å². The zero-order valence-corrected chi connectivity index (χ0v) is 17.6. The van der Waals surface area contributed by atoms with Crippen LogP contribution in [0.1, 0.15) is 37.3 Å². The van der Waals surface area contributed by atoms with Crippen LogP contribution in [0.15, 0.2) is 47.5 Å². The molecule has 1 unspecified atom stereocenters. The Morgan fingerprint density at radius 1 is 1.29 bits per heavy atom. The zero-order valence-electron chi connectivity index (χ0n) is 16.8. The minimum Gasteiger partial charge on any atom is -0.361 e. The maximum atomic E-state index is 12.7. The average molecular weight is 399 g/mol. The molecule has 0 saturated carbocycles. The van der Waals surface area contributed by atoms with Gasteiger partial charge in [-0.05, 0) is 81.0 Å². The lowest BCUT2D eigenvalue weighted by molar-refractivity contribution is 0.310. The van der Waals surface area contributed by atoms with Gasteiger partial charge in [-0.1, -0.05) is 25.1 Å². The van der Waals surface area contributed by atoms with E-state index in [0.717, 1.165) is 17.5 Å². The minimum absolute atomic E-state index is 0.177. The summed E-state index contributed by atoms with van der Waals surface area (Å²) >= 11 is 0. The van der Waals surface area contributed by atoms with Gasteiger partial charge in [-0.2, -0.15) is 0 Å². The molecular formula is C23H30N2O2S. The van der Waals surface area contributed by atoms with Crippen LogP contribution in [0.2, 0.25) is 0 Å². The van der Waals surface area contributed by atoms with Crippen molar-refractivity contribution in [3.05, 3.63) is 58.7 Å². The maximum absolute atomic E-state index is 12.7. The Bertz CT molecular complexity index is 1020. The van der Waals surface area contributed by atoms with Crippen LogP contribution in [-0.2, 0) is 22.7 Å². The summed E-state index contributed by atoms with van der Waals surface area (Å²) in [5.41, 5.74) is 3.57. The highest BCUT2D eigenvalue weighted by molar-refractivity contribution is 7.95. The third-order valence-electron chi connectivity index (χ3n) is 6.26. The number of sulfone groups is 1. The van der Waals surface area contributed by atoms with Crippen molar-refractivity contribution in [2.45, 2.75) is 45.1 Å². The Hall–Kier alpha value is -1.85. The summed E-state index contributed by atoms with van der Waals surface area (Å²) in [5.74, 6) is 0.470. The number of H-pyrrole nitrogens is 1. The lowest BCUT2D eigenvalue weighted by Crippen LogP contribution is -2.26. The van der Waals surface area contributed by atoms with E-state index in [1.54, 1.807) is 6.08 Å². The lowest BCUT2D eigenvalue weighted by atomic mass is 10.0. The molecule has 4 rings (SSSR count). The zero-order chi connectivity index (χ0) is 19.7. The third-order valence-corrected chi connectivity index (χ3v) is 8.11. The molecule has 150 valence electrons. The number of aromatic amines is 1. The van der Waals surface area contributed by atoms with Crippen molar-refractivity contribution in [3.63, 3.8) is 0 Å². The number of allylic oxidation sites excluding steroid dienone is 4. The number of aromatic nitrogens is 1. The molecule has 5 heteroatoms. The van der Waals surface area contributed by atoms with Crippen LogP contribution < -0.4 is 0 Å². The van der Waals surface area contributed by atoms with Gasteiger partial charge < -0.3 is 9.88 Å². The molecule has 4 nitrogen and oxygen atoms in total. The molecule has 2 aromatic rings. The quantitative estimate of drug-likeness (QED) is 0.792. The number of hydrogen-bond acceptors (Lipinski definition) is 3. The van der Waals surface area contributed by atoms with E-state index in [9.17, 15) is 8.42 Å². The number of hydrogen-bond donors (Lipinski definition) is 1. The standard InChI is InChI=1S/C23H30N2O2S/c1-17-5-3-7-21(13-17)28(26,27)12-10-18-8-9-23-22(14-18)19(16-24-23)15-20-6-4-11-25(20)2/h3,5,7-9,14,16-17,20,24H,4,6,10-13,15H2,1-2H3/t17?,20-/m1/s1. The van der Waals surface area contributed by atoms with E-state index < -0.39 is 9.84 Å². The highest BCUT2D eigenvalue weighted by Gasteiger charge is 2.23. The monoisotopic (exact) mass is 398 g/mol. The van der Waals surface area contributed by atoms with E-state index in [4.69, 9.17) is 0 Å². The fourth-order valence-electron chi connectivity index (χ4n) is 4.46. The molecule has 1 aromatic carbocycles. The number of likely N-dealkylation sites (N-methyl/N-ethyl adjacent to an activating group) is 1. The van der Waals surface area contributed by atoms with Crippen molar-refractivity contribution in [1.29, 1.82) is 0 Å². The second-order valence-electron chi connectivity index (χ2n) is 8.44. The number of benzene rings is 1. The average Bonchev–Trinajstić information content (AvgIpc) is 3.27. The molecule has 0 spiro atoms. The van der Waals surface area contributed by atoms with Gasteiger partial charge >= 0.3 is 0 Å². The molecule has 2 atom stereocenters. The number of nitrogens with zero attached hydrogens (tertiary/aromatic N) is 1. The molecule has 1 aliphatic heterocycles. The van der Waals surface area contributed by atoms with Gasteiger partial charge in [0.15, 0.2) is 9.84 Å². The molecule has 28 heavy (non-hydrogen) atoms. The van der Waals surface area contributed by atoms with Crippen LogP contribution in [0.3, 0.4) is 0 Å². The van der Waals surface area contributed by atoms with Gasteiger partial charge in [0.1, 0.15) is 0 Å². The topological polar surface area (TPSA) is 53.2 Å². The van der Waals surface area contributed by atoms with Crippen LogP contribution in [0.4, 0.5) is 0 Å². The molecule has 2 heterocycles. The minimum atomic E-state index is -3.20. The summed E-state index contributed by atoms with van der Waals surface area (Å²) in [5, 5.41) is 1.24. The summed E-state index contributed by atoms with van der Waals surface area (Å²) in [7, 11) is -0.988. The van der Waals surface area contributed by atoms with E-state index >= 15 is 0 Å². The van der Waals surface area contributed by atoms with E-state index in [1.807, 2.05) is 6.08 Å². The van der Waals surface area contributed by atoms with E-state index in [2.05, 4.69) is 54.3 Å². The van der Waals surface area contributed by atoms with Gasteiger partial charge in [0.25, 0.3) is 0 Å². The summed E-state index contributed by atoms with van der Waals surface area (Å²) in [6.07, 6.45) is 12.6. The van der Waals surface area contributed by atoms with E-state index in [1.165, 1.54) is 30.3 Å². The molecule has 0 bridgehead atoms. The normalized spacial score (nSPS) is 23.4. The van der Waals surface area contributed by atoms with Crippen molar-refractivity contribution in [3.8, 4) is 0 Å². The number of aryl methyl sites for hydroxylation is 1. The first-order chi connectivity index (χ1) is 13.4. The van der Waals surface area contributed by atoms with Crippen LogP contribution in [0.25, 0.3) is 10.9 Å². The van der Waals surface area contributed by atoms with Gasteiger partial charge in [0, 0.05) is 28.0 Å². The predicted molar refractivity (Wildman–Crippen MR) is 116 cm³/mol. The Balaban J connectivity index is 1.49. The second-order valence-corrected chi connectivity index (χ2v) is 10.6. The smallest absolute Gasteiger partial charge is 0.174 e. The van der Waals surface area contributed by atoms with Crippen LogP contribution in [0, 0.1) is 5.92 Å². The summed E-state index contributed by atoms with van der Waals surface area (Å²) in [6.45, 7) is 3.24. The summed E-state index contributed by atoms with van der Waals surface area (Å²) < 4.78 is 25.5. The fourth-order valence-corrected chi connectivity index (χ4v) is 6.03. The van der Waals surface area contributed by atoms with E-state index in [-0.39, 0.29) is 5.75 Å². The number of fused-ring (bicyclic) bond motifs is 1. The van der Waals surface area contributed by atoms with E-state index in [0.29, 0.717) is 29.7 Å². The molecular weight excluding hydrogens is 368 g/mol. The van der Waals surface area contributed by atoms with Crippen molar-refractivity contribution < 1.29 is 8.42 Å². The van der Waals surface area contributed by atoms with Gasteiger partial charge in [-0.15, -0.1) is 0 Å². The SMILES string of the molecule is CC1C=CC=C(S(=O)(=O)CCc2ccc3[nH]cc(C[C@H]4CCCN4C)c3c2)C1. The number of likely N-dealkylation sites (tertiary alicyclic amines) is 1. The molecule has 1 aliphatic carbocycles. The maximum Gasteiger partial charge on any atom is 0.174 e. The Morgan fingerprint density at radius 2 is 2.14 bits per heavy atom. The first-order valence-corrected chi connectivity index (χ1v) is 12.0. The highest BCUT2D eigenvalue weighted by atomic mass is 32.2. The highest BCUT2D eigenvalue weighted by Crippen LogP contribution is 2.27. The van der Waals surface area contributed by atoms with Gasteiger partial charge in [0.05, 0.1) is 5.75 Å². The molecule has 0 radical (unpaired) electrons. The Morgan fingerprint density at radius 3 is 2.89 bits per heavy atom. The first-order valence-electron chi connectivity index (χ1n) is 10.3. The van der Waals surface area contributed by atoms with Crippen molar-refractivity contribution in [1.82, 2.24) is 9.88 Å². The Labute approximate surface area is 168 Å². The first kappa shape index (κ1) is 19.5. The van der Waals surface area contributed by atoms with Gasteiger partial charge in [-0.25, -0.2) is 8.42 Å². The predicted octanol–water partition coefficient (Wildman–Crippen LogP) is 4.24. The van der Waals surface area contributed by atoms with Crippen molar-refractivity contribution >= 4 is 20.7 Å².